The van der Waals surface area contributed by atoms with E-state index in [0.29, 0.717) is 0 Å². The van der Waals surface area contributed by atoms with Crippen molar-refractivity contribution in [3.8, 4) is 0 Å². The summed E-state index contributed by atoms with van der Waals surface area (Å²) < 4.78 is 14.3. The Morgan fingerprint density at radius 2 is 2.00 bits per heavy atom. The van der Waals surface area contributed by atoms with Crippen LogP contribution in [0.15, 0.2) is 6.20 Å². The van der Waals surface area contributed by atoms with Gasteiger partial charge in [-0.2, -0.15) is 4.39 Å². The van der Waals surface area contributed by atoms with Crippen LogP contribution in [0.2, 0.25) is 0 Å². The predicted molar refractivity (Wildman–Crippen MR) is 41.9 cm³/mol. The molecule has 0 saturated heterocycles. The molecule has 0 N–H and O–H groups in total. The minimum atomic E-state index is -0.405. The molecule has 0 radical (unpaired) electrons. The van der Waals surface area contributed by atoms with Gasteiger partial charge >= 0.3 is 0 Å². The van der Waals surface area contributed by atoms with Crippen molar-refractivity contribution in [2.45, 2.75) is 26.2 Å². The minimum Gasteiger partial charge on any atom is -0.335 e. The Balaban J connectivity index is 3.13. The third kappa shape index (κ3) is 1.59. The summed E-state index contributed by atoms with van der Waals surface area (Å²) >= 11 is 0. The first kappa shape index (κ1) is 8.24. The first-order valence-electron chi connectivity index (χ1n) is 3.60. The summed E-state index contributed by atoms with van der Waals surface area (Å²) in [6.45, 7) is 6.03. The number of halogens is 1. The summed E-state index contributed by atoms with van der Waals surface area (Å²) in [6, 6.07) is 0. The summed E-state index contributed by atoms with van der Waals surface area (Å²) in [7, 11) is 1.80. The van der Waals surface area contributed by atoms with Gasteiger partial charge in [0.15, 0.2) is 0 Å². The van der Waals surface area contributed by atoms with Crippen LogP contribution in [0.3, 0.4) is 0 Å². The second-order valence-corrected chi connectivity index (χ2v) is 3.75. The van der Waals surface area contributed by atoms with Gasteiger partial charge in [-0.25, -0.2) is 4.98 Å². The normalized spacial score (nSPS) is 12.1. The van der Waals surface area contributed by atoms with E-state index < -0.39 is 5.95 Å². The van der Waals surface area contributed by atoms with E-state index in [1.54, 1.807) is 11.6 Å². The van der Waals surface area contributed by atoms with Crippen LogP contribution < -0.4 is 0 Å². The third-order valence-corrected chi connectivity index (χ3v) is 1.52. The van der Waals surface area contributed by atoms with Crippen molar-refractivity contribution in [3.63, 3.8) is 0 Å². The summed E-state index contributed by atoms with van der Waals surface area (Å²) in [4.78, 5) is 3.78. The molecule has 0 bridgehead atoms. The van der Waals surface area contributed by atoms with Crippen LogP contribution in [0.25, 0.3) is 0 Å². The van der Waals surface area contributed by atoms with Gasteiger partial charge in [0, 0.05) is 12.5 Å². The fraction of sp³-hybridized carbons (Fsp3) is 0.625. The van der Waals surface area contributed by atoms with E-state index in [0.717, 1.165) is 5.82 Å². The molecule has 11 heavy (non-hydrogen) atoms. The van der Waals surface area contributed by atoms with E-state index in [9.17, 15) is 4.39 Å². The molecule has 0 aromatic carbocycles. The lowest BCUT2D eigenvalue weighted by Crippen LogP contribution is -2.17. The molecule has 0 aliphatic heterocycles. The molecule has 0 aliphatic rings. The first-order chi connectivity index (χ1) is 4.91. The van der Waals surface area contributed by atoms with E-state index in [1.807, 2.05) is 20.8 Å². The topological polar surface area (TPSA) is 17.8 Å². The van der Waals surface area contributed by atoms with Gasteiger partial charge in [-0.15, -0.1) is 0 Å². The highest BCUT2D eigenvalue weighted by Gasteiger charge is 2.19. The zero-order chi connectivity index (χ0) is 8.65. The van der Waals surface area contributed by atoms with Crippen LogP contribution in [0.5, 0.6) is 0 Å². The second kappa shape index (κ2) is 2.32. The Morgan fingerprint density at radius 3 is 2.18 bits per heavy atom. The highest BCUT2D eigenvalue weighted by Crippen LogP contribution is 2.19. The zero-order valence-corrected chi connectivity index (χ0v) is 7.35. The highest BCUT2D eigenvalue weighted by molar-refractivity contribution is 5.04. The molecule has 62 valence electrons. The number of aromatic nitrogens is 2. The second-order valence-electron chi connectivity index (χ2n) is 3.75. The van der Waals surface area contributed by atoms with Crippen molar-refractivity contribution in [3.05, 3.63) is 18.0 Å². The molecule has 0 spiro atoms. The molecule has 1 heterocycles. The van der Waals surface area contributed by atoms with Crippen LogP contribution in [0, 0.1) is 5.95 Å². The van der Waals surface area contributed by atoms with Crippen molar-refractivity contribution in [2.75, 3.05) is 0 Å². The quantitative estimate of drug-likeness (QED) is 0.560. The van der Waals surface area contributed by atoms with Crippen LogP contribution >= 0.6 is 0 Å². The summed E-state index contributed by atoms with van der Waals surface area (Å²) in [6.07, 6.45) is 1.39. The van der Waals surface area contributed by atoms with Gasteiger partial charge < -0.3 is 4.57 Å². The molecule has 0 unspecified atom stereocenters. The van der Waals surface area contributed by atoms with E-state index >= 15 is 0 Å². The SMILES string of the molecule is Cn1cc(F)nc1C(C)(C)C. The van der Waals surface area contributed by atoms with Crippen LogP contribution in [-0.4, -0.2) is 9.55 Å². The number of hydrogen-bond donors (Lipinski definition) is 0. The fourth-order valence-corrected chi connectivity index (χ4v) is 1.13. The molecule has 0 fully saturated rings. The van der Waals surface area contributed by atoms with E-state index in [2.05, 4.69) is 4.98 Å². The minimum absolute atomic E-state index is 0.0842. The van der Waals surface area contributed by atoms with E-state index in [1.165, 1.54) is 6.20 Å². The molecule has 3 heteroatoms. The molecule has 1 aromatic heterocycles. The maximum absolute atomic E-state index is 12.6. The molecule has 0 atom stereocenters. The van der Waals surface area contributed by atoms with Gasteiger partial charge in [-0.1, -0.05) is 20.8 Å². The summed E-state index contributed by atoms with van der Waals surface area (Å²) in [5.41, 5.74) is -0.0842. The molecule has 2 nitrogen and oxygen atoms in total. The molecule has 1 rings (SSSR count). The number of nitrogens with zero attached hydrogens (tertiary/aromatic N) is 2. The number of rotatable bonds is 0. The average molecular weight is 156 g/mol. The number of imidazole rings is 1. The maximum Gasteiger partial charge on any atom is 0.230 e. The molecular formula is C8H13FN2. The fourth-order valence-electron chi connectivity index (χ4n) is 1.13. The summed E-state index contributed by atoms with van der Waals surface area (Å²) in [5, 5.41) is 0. The van der Waals surface area contributed by atoms with Crippen molar-refractivity contribution in [2.24, 2.45) is 7.05 Å². The zero-order valence-electron chi connectivity index (χ0n) is 7.35. The Hall–Kier alpha value is -0.860. The number of aryl methyl sites for hydroxylation is 1. The lowest BCUT2D eigenvalue weighted by atomic mass is 9.96. The van der Waals surface area contributed by atoms with Gasteiger partial charge in [-0.05, 0) is 0 Å². The Morgan fingerprint density at radius 1 is 1.45 bits per heavy atom. The van der Waals surface area contributed by atoms with Crippen molar-refractivity contribution in [1.82, 2.24) is 9.55 Å². The predicted octanol–water partition coefficient (Wildman–Crippen LogP) is 1.86. The maximum atomic E-state index is 12.6. The molecule has 0 amide bonds. The standard InChI is InChI=1S/C8H13FN2/c1-8(2,3)7-10-6(9)5-11(7)4/h5H,1-4H3. The Bertz CT molecular complexity index is 258. The van der Waals surface area contributed by atoms with Crippen molar-refractivity contribution < 1.29 is 4.39 Å². The number of hydrogen-bond acceptors (Lipinski definition) is 1. The smallest absolute Gasteiger partial charge is 0.230 e. The Kier molecular flexibility index (Phi) is 1.74. The lowest BCUT2D eigenvalue weighted by Gasteiger charge is -2.16. The van der Waals surface area contributed by atoms with E-state index in [-0.39, 0.29) is 5.41 Å². The largest absolute Gasteiger partial charge is 0.335 e. The van der Waals surface area contributed by atoms with Gasteiger partial charge in [0.05, 0.1) is 6.20 Å². The highest BCUT2D eigenvalue weighted by atomic mass is 19.1. The van der Waals surface area contributed by atoms with Crippen molar-refractivity contribution >= 4 is 0 Å². The van der Waals surface area contributed by atoms with E-state index in [4.69, 9.17) is 0 Å². The van der Waals surface area contributed by atoms with Crippen LogP contribution in [0.4, 0.5) is 4.39 Å². The molecule has 0 saturated carbocycles. The molecular weight excluding hydrogens is 143 g/mol. The average Bonchev–Trinajstić information content (AvgIpc) is 2.08. The van der Waals surface area contributed by atoms with Gasteiger partial charge in [-0.3, -0.25) is 0 Å². The Labute approximate surface area is 66.1 Å². The monoisotopic (exact) mass is 156 g/mol. The van der Waals surface area contributed by atoms with Crippen LogP contribution in [0.1, 0.15) is 26.6 Å². The molecule has 1 aromatic rings. The van der Waals surface area contributed by atoms with Gasteiger partial charge in [0.1, 0.15) is 5.82 Å². The third-order valence-electron chi connectivity index (χ3n) is 1.52. The van der Waals surface area contributed by atoms with Gasteiger partial charge in [0.2, 0.25) is 5.95 Å². The molecule has 0 aliphatic carbocycles. The lowest BCUT2D eigenvalue weighted by molar-refractivity contribution is 0.513. The van der Waals surface area contributed by atoms with Crippen molar-refractivity contribution in [1.29, 1.82) is 0 Å². The first-order valence-corrected chi connectivity index (χ1v) is 3.60. The van der Waals surface area contributed by atoms with Crippen LogP contribution in [-0.2, 0) is 12.5 Å². The summed E-state index contributed by atoms with van der Waals surface area (Å²) in [5.74, 6) is 0.368. The van der Waals surface area contributed by atoms with Gasteiger partial charge in [0.25, 0.3) is 0 Å².